The summed E-state index contributed by atoms with van der Waals surface area (Å²) in [5.74, 6) is -0.261. The summed E-state index contributed by atoms with van der Waals surface area (Å²) < 4.78 is 5.01. The lowest BCUT2D eigenvalue weighted by Crippen LogP contribution is -2.54. The first-order valence-corrected chi connectivity index (χ1v) is 11.5. The second kappa shape index (κ2) is 11.5. The van der Waals surface area contributed by atoms with E-state index in [0.717, 1.165) is 25.7 Å². The Bertz CT molecular complexity index is 774. The summed E-state index contributed by atoms with van der Waals surface area (Å²) in [6.45, 7) is 1.99. The minimum atomic E-state index is -0.690. The average molecular weight is 450 g/mol. The van der Waals surface area contributed by atoms with Crippen molar-refractivity contribution in [2.75, 3.05) is 33.4 Å². The Labute approximate surface area is 188 Å². The van der Waals surface area contributed by atoms with Crippen LogP contribution in [0.1, 0.15) is 48.9 Å². The van der Waals surface area contributed by atoms with Gasteiger partial charge in [0.15, 0.2) is 0 Å². The lowest BCUT2D eigenvalue weighted by atomic mass is 9.87. The normalized spacial score (nSPS) is 18.6. The van der Waals surface area contributed by atoms with E-state index in [1.54, 1.807) is 31.4 Å². The Kier molecular flexibility index (Phi) is 8.72. The molecule has 1 aromatic carbocycles. The molecular weight excluding hydrogens is 418 g/mol. The third kappa shape index (κ3) is 6.20. The third-order valence-corrected chi connectivity index (χ3v) is 6.65. The van der Waals surface area contributed by atoms with Gasteiger partial charge in [-0.2, -0.15) is 0 Å². The van der Waals surface area contributed by atoms with Gasteiger partial charge in [0.25, 0.3) is 5.91 Å². The van der Waals surface area contributed by atoms with Gasteiger partial charge < -0.3 is 20.3 Å². The maximum Gasteiger partial charge on any atom is 0.253 e. The minimum Gasteiger partial charge on any atom is -0.383 e. The fraction of sp³-hybridized carbons (Fsp3) is 0.609. The quantitative estimate of drug-likeness (QED) is 0.597. The summed E-state index contributed by atoms with van der Waals surface area (Å²) in [4.78, 5) is 40.4. The van der Waals surface area contributed by atoms with Crippen molar-refractivity contribution in [2.24, 2.45) is 11.8 Å². The molecule has 1 heterocycles. The summed E-state index contributed by atoms with van der Waals surface area (Å²) in [5.41, 5.74) is 0.340. The molecule has 0 radical (unpaired) electrons. The highest BCUT2D eigenvalue weighted by molar-refractivity contribution is 6.33. The monoisotopic (exact) mass is 449 g/mol. The molecule has 0 spiro atoms. The van der Waals surface area contributed by atoms with Gasteiger partial charge in [-0.15, -0.1) is 0 Å². The number of ether oxygens (including phenoxy) is 1. The SMILES string of the molecule is COCCNC(=O)C(NC(=O)c1ccccc1Cl)C1CCN(C(=O)C2CCCC2)CC1. The molecule has 1 saturated heterocycles. The molecule has 1 aliphatic carbocycles. The van der Waals surface area contributed by atoms with Gasteiger partial charge in [-0.1, -0.05) is 36.6 Å². The Balaban J connectivity index is 1.65. The molecular formula is C23H32ClN3O4. The molecule has 170 valence electrons. The lowest BCUT2D eigenvalue weighted by molar-refractivity contribution is -0.137. The number of rotatable bonds is 8. The number of hydrogen-bond donors (Lipinski definition) is 2. The highest BCUT2D eigenvalue weighted by atomic mass is 35.5. The number of carbonyl (C=O) groups is 3. The molecule has 2 fully saturated rings. The van der Waals surface area contributed by atoms with Gasteiger partial charge >= 0.3 is 0 Å². The molecule has 1 aromatic rings. The van der Waals surface area contributed by atoms with Gasteiger partial charge in [0.2, 0.25) is 11.8 Å². The van der Waals surface area contributed by atoms with Crippen molar-refractivity contribution in [2.45, 2.75) is 44.6 Å². The van der Waals surface area contributed by atoms with Crippen LogP contribution >= 0.6 is 11.6 Å². The Hall–Kier alpha value is -2.12. The Morgan fingerprint density at radius 3 is 2.45 bits per heavy atom. The van der Waals surface area contributed by atoms with Crippen LogP contribution in [-0.4, -0.2) is 62.0 Å². The van der Waals surface area contributed by atoms with Crippen molar-refractivity contribution < 1.29 is 19.1 Å². The van der Waals surface area contributed by atoms with Gasteiger partial charge in [0.1, 0.15) is 6.04 Å². The fourth-order valence-electron chi connectivity index (χ4n) is 4.53. The fourth-order valence-corrected chi connectivity index (χ4v) is 4.75. The van der Waals surface area contributed by atoms with Crippen molar-refractivity contribution in [3.05, 3.63) is 34.9 Å². The standard InChI is InChI=1S/C23H32ClN3O4/c1-31-15-12-25-22(29)20(26-21(28)18-8-4-5-9-19(18)24)16-10-13-27(14-11-16)23(30)17-6-2-3-7-17/h4-5,8-9,16-17,20H,2-3,6-7,10-15H2,1H3,(H,25,29)(H,26,28). The zero-order valence-electron chi connectivity index (χ0n) is 18.1. The van der Waals surface area contributed by atoms with Crippen molar-refractivity contribution in [3.8, 4) is 0 Å². The molecule has 3 amide bonds. The first-order chi connectivity index (χ1) is 15.0. The van der Waals surface area contributed by atoms with E-state index >= 15 is 0 Å². The highest BCUT2D eigenvalue weighted by Gasteiger charge is 2.36. The molecule has 0 aromatic heterocycles. The highest BCUT2D eigenvalue weighted by Crippen LogP contribution is 2.29. The van der Waals surface area contributed by atoms with Crippen molar-refractivity contribution in [1.82, 2.24) is 15.5 Å². The molecule has 2 aliphatic rings. The predicted molar refractivity (Wildman–Crippen MR) is 119 cm³/mol. The summed E-state index contributed by atoms with van der Waals surface area (Å²) in [7, 11) is 1.57. The maximum absolute atomic E-state index is 12.9. The second-order valence-electron chi connectivity index (χ2n) is 8.36. The van der Waals surface area contributed by atoms with Crippen LogP contribution in [0.4, 0.5) is 0 Å². The molecule has 8 heteroatoms. The first kappa shape index (κ1) is 23.5. The summed E-state index contributed by atoms with van der Waals surface area (Å²) >= 11 is 6.16. The van der Waals surface area contributed by atoms with E-state index in [2.05, 4.69) is 10.6 Å². The number of halogens is 1. The molecule has 3 rings (SSSR count). The van der Waals surface area contributed by atoms with Crippen LogP contribution in [0.5, 0.6) is 0 Å². The van der Waals surface area contributed by atoms with Crippen LogP contribution in [0.3, 0.4) is 0 Å². The molecule has 1 atom stereocenters. The zero-order chi connectivity index (χ0) is 22.2. The number of hydrogen-bond acceptors (Lipinski definition) is 4. The number of methoxy groups -OCH3 is 1. The van der Waals surface area contributed by atoms with Gasteiger partial charge in [0.05, 0.1) is 17.2 Å². The molecule has 1 saturated carbocycles. The smallest absolute Gasteiger partial charge is 0.253 e. The van der Waals surface area contributed by atoms with E-state index in [-0.39, 0.29) is 29.6 Å². The average Bonchev–Trinajstić information content (AvgIpc) is 3.32. The number of carbonyl (C=O) groups excluding carboxylic acids is 3. The van der Waals surface area contributed by atoms with Crippen molar-refractivity contribution in [3.63, 3.8) is 0 Å². The molecule has 1 aliphatic heterocycles. The first-order valence-electron chi connectivity index (χ1n) is 11.1. The van der Waals surface area contributed by atoms with Crippen LogP contribution in [-0.2, 0) is 14.3 Å². The minimum absolute atomic E-state index is 0.0541. The maximum atomic E-state index is 12.9. The molecule has 1 unspecified atom stereocenters. The summed E-state index contributed by atoms with van der Waals surface area (Å²) in [5, 5.41) is 6.07. The number of likely N-dealkylation sites (tertiary alicyclic amines) is 1. The predicted octanol–water partition coefficient (Wildman–Crippen LogP) is 2.63. The van der Waals surface area contributed by atoms with Crippen molar-refractivity contribution in [1.29, 1.82) is 0 Å². The molecule has 2 N–H and O–H groups in total. The van der Waals surface area contributed by atoms with E-state index < -0.39 is 6.04 Å². The van der Waals surface area contributed by atoms with Crippen LogP contribution < -0.4 is 10.6 Å². The lowest BCUT2D eigenvalue weighted by Gasteiger charge is -2.36. The van der Waals surface area contributed by atoms with Crippen molar-refractivity contribution >= 4 is 29.3 Å². The summed E-state index contributed by atoms with van der Waals surface area (Å²) in [6.07, 6.45) is 5.57. The van der Waals surface area contributed by atoms with Crippen LogP contribution in [0.15, 0.2) is 24.3 Å². The Morgan fingerprint density at radius 1 is 1.13 bits per heavy atom. The van der Waals surface area contributed by atoms with Gasteiger partial charge in [-0.05, 0) is 43.7 Å². The topological polar surface area (TPSA) is 87.7 Å². The molecule has 7 nitrogen and oxygen atoms in total. The third-order valence-electron chi connectivity index (χ3n) is 6.32. The van der Waals surface area contributed by atoms with E-state index in [9.17, 15) is 14.4 Å². The Morgan fingerprint density at radius 2 is 1.81 bits per heavy atom. The number of nitrogens with zero attached hydrogens (tertiary/aromatic N) is 1. The summed E-state index contributed by atoms with van der Waals surface area (Å²) in [6, 6.07) is 6.09. The molecule has 0 bridgehead atoms. The van der Waals surface area contributed by atoms with Crippen LogP contribution in [0, 0.1) is 11.8 Å². The van der Waals surface area contributed by atoms with E-state index in [4.69, 9.17) is 16.3 Å². The van der Waals surface area contributed by atoms with E-state index in [0.29, 0.717) is 49.7 Å². The van der Waals surface area contributed by atoms with Gasteiger partial charge in [0, 0.05) is 32.7 Å². The second-order valence-corrected chi connectivity index (χ2v) is 8.77. The number of amides is 3. The zero-order valence-corrected chi connectivity index (χ0v) is 18.8. The van der Waals surface area contributed by atoms with Gasteiger partial charge in [-0.25, -0.2) is 0 Å². The van der Waals surface area contributed by atoms with Gasteiger partial charge in [-0.3, -0.25) is 14.4 Å². The van der Waals surface area contributed by atoms with E-state index in [1.165, 1.54) is 0 Å². The van der Waals surface area contributed by atoms with E-state index in [1.807, 2.05) is 4.90 Å². The number of benzene rings is 1. The number of piperidine rings is 1. The molecule has 31 heavy (non-hydrogen) atoms. The largest absolute Gasteiger partial charge is 0.383 e. The number of nitrogens with one attached hydrogen (secondary N) is 2. The van der Waals surface area contributed by atoms with Crippen LogP contribution in [0.2, 0.25) is 5.02 Å². The van der Waals surface area contributed by atoms with Crippen LogP contribution in [0.25, 0.3) is 0 Å².